The van der Waals surface area contributed by atoms with Crippen LogP contribution in [0, 0.1) is 6.10 Å². The molecule has 1 aliphatic carbocycles. The largest absolute Gasteiger partial charge is 0.301 e. The van der Waals surface area contributed by atoms with Gasteiger partial charge >= 0.3 is 5.43 Å². The minimum atomic E-state index is 0.871. The molecule has 0 saturated carbocycles. The summed E-state index contributed by atoms with van der Waals surface area (Å²) in [7, 11) is 5.34. The Morgan fingerprint density at radius 1 is 1.19 bits per heavy atom. The Labute approximate surface area is 98.4 Å². The van der Waals surface area contributed by atoms with Crippen LogP contribution in [0.3, 0.4) is 0 Å². The van der Waals surface area contributed by atoms with Crippen LogP contribution in [0.15, 0.2) is 51.7 Å². The maximum Gasteiger partial charge on any atom is 0.301 e. The molecule has 1 aliphatic heterocycles. The van der Waals surface area contributed by atoms with Gasteiger partial charge in [0.1, 0.15) is 0 Å². The second-order valence-corrected chi connectivity index (χ2v) is 5.07. The molecule has 1 heterocycles. The third-order valence-electron chi connectivity index (χ3n) is 2.50. The molecule has 2 aliphatic rings. The van der Waals surface area contributed by atoms with E-state index in [-0.39, 0.29) is 0 Å². The Morgan fingerprint density at radius 3 is 2.94 bits per heavy atom. The molecule has 0 saturated heterocycles. The van der Waals surface area contributed by atoms with Crippen LogP contribution in [-0.2, 0) is 0 Å². The van der Waals surface area contributed by atoms with Crippen LogP contribution in [0.1, 0.15) is 0 Å². The minimum absolute atomic E-state index is 0.871. The molecule has 78 valence electrons. The lowest BCUT2D eigenvalue weighted by molar-refractivity contribution is 1.25. The molecule has 1 aromatic rings. The van der Waals surface area contributed by atoms with E-state index in [1.165, 1.54) is 0 Å². The van der Waals surface area contributed by atoms with Crippen LogP contribution < -0.4 is 16.0 Å². The predicted octanol–water partition coefficient (Wildman–Crippen LogP) is 0.982. The maximum atomic E-state index is 5.85. The van der Waals surface area contributed by atoms with Crippen molar-refractivity contribution in [2.24, 2.45) is 0 Å². The summed E-state index contributed by atoms with van der Waals surface area (Å²) in [6.45, 7) is 0. The molecule has 0 aromatic heterocycles. The third kappa shape index (κ3) is 1.68. The Bertz CT molecular complexity index is 676. The number of rotatable bonds is 0. The molecular weight excluding hydrogens is 234 g/mol. The van der Waals surface area contributed by atoms with Crippen molar-refractivity contribution in [2.45, 2.75) is 0 Å². The fourth-order valence-electron chi connectivity index (χ4n) is 1.72. The average molecular weight is 244 g/mol. The summed E-state index contributed by atoms with van der Waals surface area (Å²) in [4.78, 5) is 0. The minimum Gasteiger partial charge on any atom is -0.278 e. The molecule has 0 N–H and O–H groups in total. The van der Waals surface area contributed by atoms with Crippen molar-refractivity contribution in [3.8, 4) is 0 Å². The van der Waals surface area contributed by atoms with Crippen molar-refractivity contribution in [3.05, 3.63) is 68.5 Å². The summed E-state index contributed by atoms with van der Waals surface area (Å²) in [6.07, 6.45) is 6.94. The first-order valence-electron chi connectivity index (χ1n) is 4.96. The molecule has 1 aromatic carbocycles. The lowest BCUT2D eigenvalue weighted by Crippen LogP contribution is -2.30. The SMILES string of the molecule is PC1=C[C-]2[O+]=c3cc(P)ccc3=C=C2C=C1. The van der Waals surface area contributed by atoms with E-state index in [9.17, 15) is 0 Å². The fourth-order valence-corrected chi connectivity index (χ4v) is 2.21. The topological polar surface area (TPSA) is 11.3 Å². The van der Waals surface area contributed by atoms with Crippen molar-refractivity contribution in [3.63, 3.8) is 0 Å². The highest BCUT2D eigenvalue weighted by atomic mass is 31.0. The van der Waals surface area contributed by atoms with Crippen molar-refractivity contribution < 1.29 is 0 Å². The third-order valence-corrected chi connectivity index (χ3v) is 3.22. The monoisotopic (exact) mass is 244 g/mol. The Kier molecular flexibility index (Phi) is 2.34. The van der Waals surface area contributed by atoms with E-state index >= 15 is 0 Å². The molecule has 16 heavy (non-hydrogen) atoms. The number of allylic oxidation sites excluding steroid dienone is 2. The first kappa shape index (κ1) is 10.1. The molecule has 0 amide bonds. The normalized spacial score (nSPS) is 16.5. The summed E-state index contributed by atoms with van der Waals surface area (Å²) in [5.74, 6) is 0. The van der Waals surface area contributed by atoms with Crippen LogP contribution in [0.2, 0.25) is 0 Å². The summed E-state index contributed by atoms with van der Waals surface area (Å²) in [5, 5.41) is 3.24. The molecule has 1 nitrogen and oxygen atoms in total. The first-order chi connectivity index (χ1) is 7.72. The molecule has 0 fully saturated rings. The molecule has 0 spiro atoms. The van der Waals surface area contributed by atoms with Gasteiger partial charge in [-0.3, -0.25) is 4.42 Å². The lowest BCUT2D eigenvalue weighted by atomic mass is 10.0. The second kappa shape index (κ2) is 3.72. The number of benzene rings is 1. The predicted molar refractivity (Wildman–Crippen MR) is 74.4 cm³/mol. The highest BCUT2D eigenvalue weighted by molar-refractivity contribution is 7.27. The number of hydrogen-bond acceptors (Lipinski definition) is 0. The Balaban J connectivity index is 2.34. The van der Waals surface area contributed by atoms with Crippen LogP contribution >= 0.6 is 18.5 Å². The average Bonchev–Trinajstić information content (AvgIpc) is 2.26. The lowest BCUT2D eigenvalue weighted by Gasteiger charge is -2.12. The van der Waals surface area contributed by atoms with Gasteiger partial charge in [-0.1, -0.05) is 17.4 Å². The van der Waals surface area contributed by atoms with Gasteiger partial charge in [-0.15, -0.1) is 30.6 Å². The zero-order chi connectivity index (χ0) is 11.1. The van der Waals surface area contributed by atoms with E-state index in [2.05, 4.69) is 24.2 Å². The summed E-state index contributed by atoms with van der Waals surface area (Å²) >= 11 is 0. The van der Waals surface area contributed by atoms with E-state index in [4.69, 9.17) is 4.42 Å². The molecular formula is C13H10OP2. The number of fused-ring (bicyclic) bond motifs is 2. The second-order valence-electron chi connectivity index (χ2n) is 3.74. The Morgan fingerprint density at radius 2 is 2.06 bits per heavy atom. The number of hydrogen-bond donors (Lipinski definition) is 0. The highest BCUT2D eigenvalue weighted by Gasteiger charge is 2.19. The van der Waals surface area contributed by atoms with E-state index in [1.54, 1.807) is 0 Å². The molecule has 2 atom stereocenters. The molecule has 0 bridgehead atoms. The zero-order valence-electron chi connectivity index (χ0n) is 8.53. The van der Waals surface area contributed by atoms with Crippen LogP contribution in [0.4, 0.5) is 0 Å². The fraction of sp³-hybridized carbons (Fsp3) is 0. The van der Waals surface area contributed by atoms with Crippen LogP contribution in [0.5, 0.6) is 0 Å². The van der Waals surface area contributed by atoms with Crippen molar-refractivity contribution in [2.75, 3.05) is 0 Å². The van der Waals surface area contributed by atoms with Crippen LogP contribution in [0.25, 0.3) is 5.73 Å². The van der Waals surface area contributed by atoms with Crippen molar-refractivity contribution in [1.29, 1.82) is 0 Å². The van der Waals surface area contributed by atoms with Gasteiger partial charge in [-0.25, -0.2) is 0 Å². The van der Waals surface area contributed by atoms with Gasteiger partial charge in [0.15, 0.2) is 0 Å². The standard InChI is InChI=1S/C13H10OP2/c15-10-3-1-8-5-9-2-4-11(16)7-13(9)14-12(8)6-10/h1-4,6-7H,15-16H2. The maximum absolute atomic E-state index is 5.85. The van der Waals surface area contributed by atoms with Gasteiger partial charge < -0.3 is 0 Å². The molecule has 3 rings (SSSR count). The van der Waals surface area contributed by atoms with Gasteiger partial charge in [0.2, 0.25) is 0 Å². The van der Waals surface area contributed by atoms with E-state index in [0.29, 0.717) is 0 Å². The quantitative estimate of drug-likeness (QED) is 0.366. The summed E-state index contributed by atoms with van der Waals surface area (Å²) < 4.78 is 5.85. The summed E-state index contributed by atoms with van der Waals surface area (Å²) in [5.41, 5.74) is 5.23. The first-order valence-corrected chi connectivity index (χ1v) is 6.12. The molecule has 0 radical (unpaired) electrons. The molecule has 3 heteroatoms. The van der Waals surface area contributed by atoms with E-state index < -0.39 is 0 Å². The van der Waals surface area contributed by atoms with Gasteiger partial charge in [0.05, 0.1) is 0 Å². The van der Waals surface area contributed by atoms with Gasteiger partial charge in [-0.2, -0.15) is 5.73 Å². The van der Waals surface area contributed by atoms with Crippen molar-refractivity contribution in [1.82, 2.24) is 0 Å². The zero-order valence-corrected chi connectivity index (χ0v) is 10.8. The Hall–Kier alpha value is -1.12. The highest BCUT2D eigenvalue weighted by Crippen LogP contribution is 2.27. The smallest absolute Gasteiger partial charge is 0.278 e. The van der Waals surface area contributed by atoms with Crippen molar-refractivity contribution >= 4 is 29.5 Å². The van der Waals surface area contributed by atoms with Gasteiger partial charge in [0.25, 0.3) is 6.10 Å². The van der Waals surface area contributed by atoms with Gasteiger partial charge in [0, 0.05) is 16.9 Å². The van der Waals surface area contributed by atoms with Gasteiger partial charge in [-0.05, 0) is 11.4 Å². The van der Waals surface area contributed by atoms with E-state index in [0.717, 1.165) is 32.9 Å². The summed E-state index contributed by atoms with van der Waals surface area (Å²) in [6, 6.07) is 6.07. The van der Waals surface area contributed by atoms with Crippen LogP contribution in [-0.4, -0.2) is 0 Å². The van der Waals surface area contributed by atoms with E-state index in [1.807, 2.05) is 36.4 Å². The molecule has 2 unspecified atom stereocenters.